The van der Waals surface area contributed by atoms with E-state index in [1.165, 1.54) is 9.80 Å². The number of aliphatic carboxylic acids is 1. The number of hydrogen-bond acceptors (Lipinski definition) is 7. The number of amides is 4. The van der Waals surface area contributed by atoms with E-state index < -0.39 is 17.9 Å². The van der Waals surface area contributed by atoms with Gasteiger partial charge in [0.1, 0.15) is 5.75 Å². The summed E-state index contributed by atoms with van der Waals surface area (Å²) in [7, 11) is 1.65. The van der Waals surface area contributed by atoms with Crippen molar-refractivity contribution in [3.8, 4) is 5.75 Å². The third-order valence-electron chi connectivity index (χ3n) is 8.40. The molecule has 2 fully saturated rings. The van der Waals surface area contributed by atoms with Gasteiger partial charge in [-0.25, -0.2) is 4.79 Å². The van der Waals surface area contributed by atoms with Gasteiger partial charge in [0.05, 0.1) is 19.1 Å². The van der Waals surface area contributed by atoms with Gasteiger partial charge >= 0.3 is 12.0 Å². The molecule has 4 amide bonds. The fourth-order valence-corrected chi connectivity index (χ4v) is 6.16. The molecule has 3 heterocycles. The number of imide groups is 1. The minimum absolute atomic E-state index is 0.0141. The molecule has 11 heteroatoms. The lowest BCUT2D eigenvalue weighted by Gasteiger charge is -2.34. The van der Waals surface area contributed by atoms with Gasteiger partial charge < -0.3 is 24.7 Å². The lowest BCUT2D eigenvalue weighted by Crippen LogP contribution is -2.52. The molecular weight excluding hydrogens is 516 g/mol. The summed E-state index contributed by atoms with van der Waals surface area (Å²) >= 11 is 0. The summed E-state index contributed by atoms with van der Waals surface area (Å²) in [5.41, 5.74) is 1.94. The lowest BCUT2D eigenvalue weighted by molar-refractivity contribution is -0.144. The Bertz CT molecular complexity index is 1090. The predicted octanol–water partition coefficient (Wildman–Crippen LogP) is 1.78. The van der Waals surface area contributed by atoms with Gasteiger partial charge in [-0.2, -0.15) is 0 Å². The number of urea groups is 1. The Morgan fingerprint density at radius 1 is 1.15 bits per heavy atom. The van der Waals surface area contributed by atoms with E-state index in [0.29, 0.717) is 39.2 Å². The van der Waals surface area contributed by atoms with E-state index in [9.17, 15) is 29.4 Å². The third-order valence-corrected chi connectivity index (χ3v) is 8.40. The van der Waals surface area contributed by atoms with Crippen molar-refractivity contribution in [2.24, 2.45) is 5.92 Å². The Morgan fingerprint density at radius 2 is 1.93 bits per heavy atom. The van der Waals surface area contributed by atoms with Crippen LogP contribution < -0.4 is 4.74 Å². The van der Waals surface area contributed by atoms with Gasteiger partial charge in [0.15, 0.2) is 0 Å². The number of benzene rings is 1. The number of rotatable bonds is 13. The highest BCUT2D eigenvalue weighted by Gasteiger charge is 2.48. The fourth-order valence-electron chi connectivity index (χ4n) is 6.16. The minimum atomic E-state index is -0.960. The summed E-state index contributed by atoms with van der Waals surface area (Å²) in [6.07, 6.45) is 3.49. The second-order valence-corrected chi connectivity index (χ2v) is 11.0. The number of fused-ring (bicyclic) bond motifs is 1. The first-order valence-electron chi connectivity index (χ1n) is 14.4. The number of carbonyl (C=O) groups excluding carboxylic acids is 3. The number of carboxylic acid groups (broad SMARTS) is 1. The van der Waals surface area contributed by atoms with Gasteiger partial charge in [-0.3, -0.25) is 24.2 Å². The number of carboxylic acids is 1. The maximum absolute atomic E-state index is 13.5. The molecule has 0 radical (unpaired) electrons. The van der Waals surface area contributed by atoms with Gasteiger partial charge in [-0.1, -0.05) is 25.5 Å². The van der Waals surface area contributed by atoms with Crippen molar-refractivity contribution in [1.29, 1.82) is 0 Å². The highest BCUT2D eigenvalue weighted by atomic mass is 16.5. The molecule has 1 aromatic carbocycles. The molecule has 0 bridgehead atoms. The summed E-state index contributed by atoms with van der Waals surface area (Å²) in [5.74, 6) is -1.69. The number of hydrogen-bond donors (Lipinski definition) is 2. The standard InChI is InChI=1S/C29H42N4O7/c1-3-4-11-31(12-5-15-34)26(36)19-32-18-22(20-6-7-24-21(17-20)10-16-40-24)27(28(37)38)23(32)8-14-33-25(35)9-13-30(2)29(33)39/h6-7,17,22-23,27,34H,3-5,8-16,18-19H2,1-2H3,(H,37,38). The average Bonchev–Trinajstić information content (AvgIpc) is 3.55. The molecule has 0 aliphatic carbocycles. The van der Waals surface area contributed by atoms with Crippen LogP contribution in [-0.2, 0) is 20.8 Å². The fraction of sp³-hybridized carbons (Fsp3) is 0.655. The molecule has 11 nitrogen and oxygen atoms in total. The van der Waals surface area contributed by atoms with E-state index in [1.807, 2.05) is 23.1 Å². The molecule has 0 aromatic heterocycles. The van der Waals surface area contributed by atoms with Crippen LogP contribution in [-0.4, -0.2) is 119 Å². The molecule has 220 valence electrons. The molecule has 40 heavy (non-hydrogen) atoms. The van der Waals surface area contributed by atoms with Crippen molar-refractivity contribution in [2.75, 3.05) is 59.5 Å². The monoisotopic (exact) mass is 558 g/mol. The first kappa shape index (κ1) is 29.8. The zero-order chi connectivity index (χ0) is 28.8. The van der Waals surface area contributed by atoms with Crippen molar-refractivity contribution in [3.05, 3.63) is 29.3 Å². The van der Waals surface area contributed by atoms with E-state index in [-0.39, 0.29) is 56.3 Å². The van der Waals surface area contributed by atoms with Crippen LogP contribution in [0.2, 0.25) is 0 Å². The summed E-state index contributed by atoms with van der Waals surface area (Å²) in [5, 5.41) is 19.8. The number of aliphatic hydroxyl groups is 1. The van der Waals surface area contributed by atoms with Crippen LogP contribution in [0.3, 0.4) is 0 Å². The molecule has 0 saturated carbocycles. The first-order valence-corrected chi connectivity index (χ1v) is 14.4. The van der Waals surface area contributed by atoms with E-state index >= 15 is 0 Å². The summed E-state index contributed by atoms with van der Waals surface area (Å²) in [4.78, 5) is 57.9. The van der Waals surface area contributed by atoms with Gasteiger partial charge in [0.2, 0.25) is 11.8 Å². The van der Waals surface area contributed by atoms with Gasteiger partial charge in [-0.05, 0) is 36.5 Å². The van der Waals surface area contributed by atoms with E-state index in [2.05, 4.69) is 6.92 Å². The third kappa shape index (κ3) is 6.58. The Hall–Kier alpha value is -3.18. The van der Waals surface area contributed by atoms with E-state index in [4.69, 9.17) is 4.74 Å². The minimum Gasteiger partial charge on any atom is -0.493 e. The van der Waals surface area contributed by atoms with Crippen LogP contribution >= 0.6 is 0 Å². The Labute approximate surface area is 235 Å². The Balaban J connectivity index is 1.60. The molecule has 3 atom stereocenters. The average molecular weight is 559 g/mol. The molecule has 4 rings (SSSR count). The summed E-state index contributed by atoms with van der Waals surface area (Å²) in [6, 6.07) is 4.89. The van der Waals surface area contributed by atoms with Crippen LogP contribution in [0, 0.1) is 5.92 Å². The molecule has 3 aliphatic heterocycles. The molecule has 2 saturated heterocycles. The largest absolute Gasteiger partial charge is 0.493 e. The highest BCUT2D eigenvalue weighted by molar-refractivity contribution is 5.96. The zero-order valence-electron chi connectivity index (χ0n) is 23.6. The predicted molar refractivity (Wildman–Crippen MR) is 147 cm³/mol. The zero-order valence-corrected chi connectivity index (χ0v) is 23.6. The van der Waals surface area contributed by atoms with Crippen LogP contribution in [0.4, 0.5) is 4.79 Å². The normalized spacial score (nSPS) is 22.9. The molecule has 2 N–H and O–H groups in total. The van der Waals surface area contributed by atoms with Crippen LogP contribution in [0.15, 0.2) is 18.2 Å². The second kappa shape index (κ2) is 13.5. The second-order valence-electron chi connectivity index (χ2n) is 11.0. The van der Waals surface area contributed by atoms with Crippen LogP contribution in [0.5, 0.6) is 5.75 Å². The first-order chi connectivity index (χ1) is 19.2. The number of unbranched alkanes of at least 4 members (excludes halogenated alkanes) is 1. The van der Waals surface area contributed by atoms with Crippen molar-refractivity contribution in [3.63, 3.8) is 0 Å². The van der Waals surface area contributed by atoms with Gasteiger partial charge in [-0.15, -0.1) is 0 Å². The van der Waals surface area contributed by atoms with Crippen LogP contribution in [0.25, 0.3) is 0 Å². The molecule has 3 aliphatic rings. The highest BCUT2D eigenvalue weighted by Crippen LogP contribution is 2.41. The number of ether oxygens (including phenoxy) is 1. The number of nitrogens with zero attached hydrogens (tertiary/aromatic N) is 4. The Morgan fingerprint density at radius 3 is 2.65 bits per heavy atom. The SMILES string of the molecule is CCCCN(CCCO)C(=O)CN1CC(c2ccc3c(c2)CCO3)C(C(=O)O)C1CCN1C(=O)CCN(C)C1=O. The van der Waals surface area contributed by atoms with Crippen molar-refractivity contribution in [1.82, 2.24) is 19.6 Å². The summed E-state index contributed by atoms with van der Waals surface area (Å²) < 4.78 is 5.64. The van der Waals surface area contributed by atoms with Gasteiger partial charge in [0.25, 0.3) is 0 Å². The maximum atomic E-state index is 13.5. The molecular formula is C29H42N4O7. The lowest BCUT2D eigenvalue weighted by atomic mass is 9.83. The summed E-state index contributed by atoms with van der Waals surface area (Å²) in [6.45, 7) is 4.52. The van der Waals surface area contributed by atoms with E-state index in [1.54, 1.807) is 11.9 Å². The van der Waals surface area contributed by atoms with Crippen LogP contribution in [0.1, 0.15) is 56.1 Å². The van der Waals surface area contributed by atoms with E-state index in [0.717, 1.165) is 36.1 Å². The molecule has 1 aromatic rings. The topological polar surface area (TPSA) is 131 Å². The smallest absolute Gasteiger partial charge is 0.326 e. The quantitative estimate of drug-likeness (QED) is 0.375. The van der Waals surface area contributed by atoms with Crippen molar-refractivity contribution >= 4 is 23.8 Å². The van der Waals surface area contributed by atoms with Crippen molar-refractivity contribution < 1.29 is 34.1 Å². The van der Waals surface area contributed by atoms with Gasteiger partial charge in [0, 0.05) is 71.2 Å². The number of carbonyl (C=O) groups is 4. The Kier molecular flexibility index (Phi) is 10.0. The molecule has 0 spiro atoms. The number of aliphatic hydroxyl groups excluding tert-OH is 1. The number of likely N-dealkylation sites (tertiary alicyclic amines) is 1. The maximum Gasteiger partial charge on any atom is 0.326 e. The molecule has 3 unspecified atom stereocenters. The van der Waals surface area contributed by atoms with Crippen molar-refractivity contribution in [2.45, 2.75) is 57.4 Å².